The fraction of sp³-hybridized carbons (Fsp3) is 0.316. The van der Waals surface area contributed by atoms with Crippen LogP contribution >= 0.6 is 0 Å². The van der Waals surface area contributed by atoms with Crippen LogP contribution in [0.2, 0.25) is 0 Å². The lowest BCUT2D eigenvalue weighted by Gasteiger charge is -2.39. The van der Waals surface area contributed by atoms with Crippen LogP contribution in [0, 0.1) is 11.2 Å². The largest absolute Gasteiger partial charge is 0.255 e. The van der Waals surface area contributed by atoms with Crippen molar-refractivity contribution in [3.63, 3.8) is 0 Å². The molecule has 2 aromatic rings. The monoisotopic (exact) mass is 358 g/mol. The summed E-state index contributed by atoms with van der Waals surface area (Å²) >= 11 is 0. The zero-order valence-electron chi connectivity index (χ0n) is 13.7. The summed E-state index contributed by atoms with van der Waals surface area (Å²) in [6.07, 6.45) is 6.83. The first-order chi connectivity index (χ1) is 11.9. The number of nitrogens with two attached hydrogens (primary N) is 1. The standard InChI is InChI=1S/C19H19FN2O2S/c20-14-4-2-13(3-5-14)16-10-19(8-1-9-19)11-17(16)18-7-6-15(12-22-18)25(21,23)24/h2-7,12H,1,8-11H2,(H2,21,23,24). The van der Waals surface area contributed by atoms with E-state index in [0.717, 1.165) is 29.7 Å². The van der Waals surface area contributed by atoms with Gasteiger partial charge in [0, 0.05) is 6.20 Å². The fourth-order valence-corrected chi connectivity index (χ4v) is 4.41. The Labute approximate surface area is 146 Å². The minimum Gasteiger partial charge on any atom is -0.255 e. The van der Waals surface area contributed by atoms with Gasteiger partial charge in [0.2, 0.25) is 10.0 Å². The highest BCUT2D eigenvalue weighted by molar-refractivity contribution is 7.89. The van der Waals surface area contributed by atoms with Gasteiger partial charge in [-0.25, -0.2) is 17.9 Å². The van der Waals surface area contributed by atoms with Gasteiger partial charge in [0.05, 0.1) is 5.69 Å². The molecule has 1 aromatic carbocycles. The van der Waals surface area contributed by atoms with Crippen LogP contribution in [0.3, 0.4) is 0 Å². The van der Waals surface area contributed by atoms with Crippen molar-refractivity contribution in [2.24, 2.45) is 10.6 Å². The van der Waals surface area contributed by atoms with Crippen LogP contribution in [0.25, 0.3) is 11.1 Å². The molecule has 4 nitrogen and oxygen atoms in total. The van der Waals surface area contributed by atoms with E-state index in [2.05, 4.69) is 4.98 Å². The van der Waals surface area contributed by atoms with Crippen molar-refractivity contribution >= 4 is 21.2 Å². The second kappa shape index (κ2) is 5.75. The van der Waals surface area contributed by atoms with Crippen molar-refractivity contribution in [1.29, 1.82) is 0 Å². The van der Waals surface area contributed by atoms with E-state index in [0.29, 0.717) is 5.41 Å². The lowest BCUT2D eigenvalue weighted by Crippen LogP contribution is -2.26. The fourth-order valence-electron chi connectivity index (χ4n) is 3.96. The molecule has 1 saturated carbocycles. The van der Waals surface area contributed by atoms with Crippen molar-refractivity contribution in [3.8, 4) is 0 Å². The molecule has 0 atom stereocenters. The van der Waals surface area contributed by atoms with Crippen molar-refractivity contribution in [2.75, 3.05) is 0 Å². The molecule has 0 radical (unpaired) electrons. The van der Waals surface area contributed by atoms with Crippen molar-refractivity contribution in [3.05, 3.63) is 59.7 Å². The molecule has 4 rings (SSSR count). The Hall–Kier alpha value is -2.05. The molecule has 1 fully saturated rings. The summed E-state index contributed by atoms with van der Waals surface area (Å²) in [4.78, 5) is 4.36. The normalized spacial score (nSPS) is 19.3. The predicted molar refractivity (Wildman–Crippen MR) is 94.3 cm³/mol. The highest BCUT2D eigenvalue weighted by Crippen LogP contribution is 2.59. The lowest BCUT2D eigenvalue weighted by molar-refractivity contribution is 0.157. The number of pyridine rings is 1. The van der Waals surface area contributed by atoms with Crippen molar-refractivity contribution < 1.29 is 12.8 Å². The predicted octanol–water partition coefficient (Wildman–Crippen LogP) is 3.74. The second-order valence-corrected chi connectivity index (χ2v) is 8.66. The van der Waals surface area contributed by atoms with Crippen LogP contribution in [-0.2, 0) is 10.0 Å². The molecule has 130 valence electrons. The number of aromatic nitrogens is 1. The number of hydrogen-bond donors (Lipinski definition) is 1. The summed E-state index contributed by atoms with van der Waals surface area (Å²) < 4.78 is 36.1. The van der Waals surface area contributed by atoms with E-state index in [-0.39, 0.29) is 10.7 Å². The number of halogens is 1. The Bertz CT molecular complexity index is 944. The first kappa shape index (κ1) is 16.4. The van der Waals surface area contributed by atoms with Gasteiger partial charge in [-0.15, -0.1) is 0 Å². The first-order valence-electron chi connectivity index (χ1n) is 8.34. The van der Waals surface area contributed by atoms with E-state index in [1.807, 2.05) is 0 Å². The number of nitrogens with zero attached hydrogens (tertiary/aromatic N) is 1. The molecule has 1 spiro atoms. The van der Waals surface area contributed by atoms with E-state index in [4.69, 9.17) is 5.14 Å². The maximum Gasteiger partial charge on any atom is 0.239 e. The first-order valence-corrected chi connectivity index (χ1v) is 9.88. The summed E-state index contributed by atoms with van der Waals surface area (Å²) in [5.74, 6) is -0.252. The molecule has 0 bridgehead atoms. The van der Waals surface area contributed by atoms with Gasteiger partial charge in [-0.2, -0.15) is 0 Å². The maximum atomic E-state index is 13.3. The van der Waals surface area contributed by atoms with Gasteiger partial charge in [-0.3, -0.25) is 4.98 Å². The average molecular weight is 358 g/mol. The van der Waals surface area contributed by atoms with E-state index < -0.39 is 10.0 Å². The van der Waals surface area contributed by atoms with Gasteiger partial charge in [0.15, 0.2) is 0 Å². The van der Waals surface area contributed by atoms with Crippen LogP contribution in [0.15, 0.2) is 47.5 Å². The zero-order valence-corrected chi connectivity index (χ0v) is 14.5. The molecule has 2 N–H and O–H groups in total. The third-order valence-electron chi connectivity index (χ3n) is 5.45. The van der Waals surface area contributed by atoms with Crippen LogP contribution in [0.4, 0.5) is 4.39 Å². The van der Waals surface area contributed by atoms with Gasteiger partial charge in [0.1, 0.15) is 10.7 Å². The lowest BCUT2D eigenvalue weighted by atomic mass is 9.66. The highest BCUT2D eigenvalue weighted by Gasteiger charge is 2.44. The SMILES string of the molecule is NS(=O)(=O)c1ccc(C2=C(c3ccc(F)cc3)CC3(CCC3)C2)nc1. The maximum absolute atomic E-state index is 13.3. The van der Waals surface area contributed by atoms with Gasteiger partial charge >= 0.3 is 0 Å². The molecule has 0 saturated heterocycles. The Morgan fingerprint density at radius 1 is 1.00 bits per heavy atom. The molecular formula is C19H19FN2O2S. The minimum atomic E-state index is -3.75. The Kier molecular flexibility index (Phi) is 3.77. The number of rotatable bonds is 3. The summed E-state index contributed by atoms with van der Waals surface area (Å²) in [5, 5.41) is 5.15. The second-order valence-electron chi connectivity index (χ2n) is 7.10. The topological polar surface area (TPSA) is 73.1 Å². The number of allylic oxidation sites excluding steroid dienone is 2. The third-order valence-corrected chi connectivity index (χ3v) is 6.35. The smallest absolute Gasteiger partial charge is 0.239 e. The van der Waals surface area contributed by atoms with E-state index >= 15 is 0 Å². The summed E-state index contributed by atoms with van der Waals surface area (Å²) in [5.41, 5.74) is 4.40. The van der Waals surface area contributed by atoms with Gasteiger partial charge in [-0.05, 0) is 72.1 Å². The van der Waals surface area contributed by atoms with Crippen LogP contribution in [0.1, 0.15) is 43.4 Å². The molecular weight excluding hydrogens is 339 g/mol. The molecule has 0 aliphatic heterocycles. The zero-order chi connectivity index (χ0) is 17.7. The number of sulfonamides is 1. The summed E-state index contributed by atoms with van der Waals surface area (Å²) in [6, 6.07) is 9.78. The molecule has 2 aliphatic rings. The number of benzene rings is 1. The van der Waals surface area contributed by atoms with Gasteiger partial charge < -0.3 is 0 Å². The van der Waals surface area contributed by atoms with Crippen LogP contribution in [-0.4, -0.2) is 13.4 Å². The Balaban J connectivity index is 1.77. The van der Waals surface area contributed by atoms with Crippen LogP contribution in [0.5, 0.6) is 0 Å². The summed E-state index contributed by atoms with van der Waals surface area (Å²) in [7, 11) is -3.75. The number of primary sulfonamides is 1. The Morgan fingerprint density at radius 3 is 2.20 bits per heavy atom. The average Bonchev–Trinajstić information content (AvgIpc) is 2.96. The highest BCUT2D eigenvalue weighted by atomic mass is 32.2. The van der Waals surface area contributed by atoms with Crippen molar-refractivity contribution in [2.45, 2.75) is 37.0 Å². The van der Waals surface area contributed by atoms with E-state index in [9.17, 15) is 12.8 Å². The molecule has 1 heterocycles. The minimum absolute atomic E-state index is 0.0107. The van der Waals surface area contributed by atoms with Gasteiger partial charge in [-0.1, -0.05) is 18.6 Å². The van der Waals surface area contributed by atoms with Crippen molar-refractivity contribution in [1.82, 2.24) is 4.98 Å². The Morgan fingerprint density at radius 2 is 1.68 bits per heavy atom. The third kappa shape index (κ3) is 3.00. The molecule has 25 heavy (non-hydrogen) atoms. The molecule has 1 aromatic heterocycles. The van der Waals surface area contributed by atoms with Gasteiger partial charge in [0.25, 0.3) is 0 Å². The molecule has 2 aliphatic carbocycles. The van der Waals surface area contributed by atoms with E-state index in [1.165, 1.54) is 49.2 Å². The molecule has 0 unspecified atom stereocenters. The molecule has 6 heteroatoms. The summed E-state index contributed by atoms with van der Waals surface area (Å²) in [6.45, 7) is 0. The number of hydrogen-bond acceptors (Lipinski definition) is 3. The quantitative estimate of drug-likeness (QED) is 0.908. The van der Waals surface area contributed by atoms with E-state index in [1.54, 1.807) is 18.2 Å². The van der Waals surface area contributed by atoms with Crippen LogP contribution < -0.4 is 5.14 Å². The molecule has 0 amide bonds.